The third-order valence-corrected chi connectivity index (χ3v) is 5.33. The van der Waals surface area contributed by atoms with Crippen molar-refractivity contribution < 1.29 is 9.53 Å². The van der Waals surface area contributed by atoms with E-state index in [1.807, 2.05) is 54.6 Å². The summed E-state index contributed by atoms with van der Waals surface area (Å²) < 4.78 is 7.51. The van der Waals surface area contributed by atoms with Crippen molar-refractivity contribution in [3.05, 3.63) is 77.1 Å². The minimum Gasteiger partial charge on any atom is -0.484 e. The molecule has 8 heteroatoms. The molecular formula is C20H17ClN4O2S. The Morgan fingerprint density at radius 3 is 2.71 bits per heavy atom. The topological polar surface area (TPSA) is 60.2 Å². The van der Waals surface area contributed by atoms with E-state index in [0.717, 1.165) is 5.56 Å². The lowest BCUT2D eigenvalue weighted by molar-refractivity contribution is -0.117. The number of nitrogens with zero attached hydrogens (tertiary/aromatic N) is 4. The Bertz CT molecular complexity index is 1010. The standard InChI is InChI=1S/C20H17ClN4O2S/c21-16-10-4-5-11-17(16)27-13-18-22-23-20-25(18)24(19(26)14-28-20)12-6-9-15-7-2-1-3-8-15/h1-11H,12-14H2/b9-6+. The molecule has 142 valence electrons. The van der Waals surface area contributed by atoms with Gasteiger partial charge in [-0.15, -0.1) is 10.2 Å². The van der Waals surface area contributed by atoms with Gasteiger partial charge in [-0.2, -0.15) is 0 Å². The molecule has 3 aromatic rings. The van der Waals surface area contributed by atoms with Crippen molar-refractivity contribution in [3.63, 3.8) is 0 Å². The molecule has 1 amide bonds. The summed E-state index contributed by atoms with van der Waals surface area (Å²) in [5.41, 5.74) is 1.08. The molecule has 2 heterocycles. The van der Waals surface area contributed by atoms with Gasteiger partial charge in [-0.25, -0.2) is 9.69 Å². The highest BCUT2D eigenvalue weighted by Crippen LogP contribution is 2.26. The highest BCUT2D eigenvalue weighted by molar-refractivity contribution is 7.99. The second kappa shape index (κ2) is 8.50. The van der Waals surface area contributed by atoms with E-state index >= 15 is 0 Å². The average molecular weight is 413 g/mol. The molecule has 1 aliphatic rings. The Kier molecular flexibility index (Phi) is 5.64. The second-order valence-corrected chi connectivity index (χ2v) is 7.36. The SMILES string of the molecule is O=C1CSc2nnc(COc3ccccc3Cl)n2N1C/C=C/c1ccccc1. The fraction of sp³-hybridized carbons (Fsp3) is 0.150. The van der Waals surface area contributed by atoms with Gasteiger partial charge in [-0.1, -0.05) is 78.0 Å². The van der Waals surface area contributed by atoms with Gasteiger partial charge >= 0.3 is 0 Å². The summed E-state index contributed by atoms with van der Waals surface area (Å²) in [6.45, 7) is 0.571. The molecule has 1 aliphatic heterocycles. The molecule has 0 atom stereocenters. The van der Waals surface area contributed by atoms with Crippen LogP contribution in [0.3, 0.4) is 0 Å². The van der Waals surface area contributed by atoms with Crippen molar-refractivity contribution in [2.45, 2.75) is 11.8 Å². The zero-order chi connectivity index (χ0) is 19.3. The van der Waals surface area contributed by atoms with Crippen LogP contribution in [0.1, 0.15) is 11.4 Å². The summed E-state index contributed by atoms with van der Waals surface area (Å²) in [7, 11) is 0. The highest BCUT2D eigenvalue weighted by Gasteiger charge is 2.28. The van der Waals surface area contributed by atoms with Gasteiger partial charge in [0.2, 0.25) is 5.16 Å². The maximum absolute atomic E-state index is 12.5. The molecular weight excluding hydrogens is 396 g/mol. The number of hydrogen-bond acceptors (Lipinski definition) is 5. The lowest BCUT2D eigenvalue weighted by Crippen LogP contribution is -2.45. The first-order chi connectivity index (χ1) is 13.7. The first-order valence-corrected chi connectivity index (χ1v) is 10.1. The van der Waals surface area contributed by atoms with E-state index in [9.17, 15) is 4.79 Å². The monoisotopic (exact) mass is 412 g/mol. The van der Waals surface area contributed by atoms with Crippen LogP contribution in [0.2, 0.25) is 5.02 Å². The minimum absolute atomic E-state index is 0.00555. The minimum atomic E-state index is -0.00555. The van der Waals surface area contributed by atoms with Gasteiger partial charge < -0.3 is 4.74 Å². The number of ether oxygens (including phenoxy) is 1. The van der Waals surface area contributed by atoms with Gasteiger partial charge in [0.15, 0.2) is 5.82 Å². The molecule has 0 unspecified atom stereocenters. The Balaban J connectivity index is 1.52. The molecule has 28 heavy (non-hydrogen) atoms. The number of thioether (sulfide) groups is 1. The molecule has 0 radical (unpaired) electrons. The third-order valence-electron chi connectivity index (χ3n) is 4.11. The second-order valence-electron chi connectivity index (χ2n) is 6.01. The van der Waals surface area contributed by atoms with Gasteiger partial charge in [0.25, 0.3) is 5.91 Å². The molecule has 0 bridgehead atoms. The van der Waals surface area contributed by atoms with Crippen molar-refractivity contribution >= 4 is 35.3 Å². The van der Waals surface area contributed by atoms with E-state index in [1.165, 1.54) is 11.8 Å². The number of aromatic nitrogens is 3. The molecule has 0 spiro atoms. The van der Waals surface area contributed by atoms with Crippen molar-refractivity contribution in [2.24, 2.45) is 0 Å². The molecule has 6 nitrogen and oxygen atoms in total. The number of benzene rings is 2. The number of amides is 1. The Morgan fingerprint density at radius 2 is 1.89 bits per heavy atom. The highest BCUT2D eigenvalue weighted by atomic mass is 35.5. The van der Waals surface area contributed by atoms with Crippen LogP contribution in [0.4, 0.5) is 0 Å². The average Bonchev–Trinajstić information content (AvgIpc) is 3.13. The van der Waals surface area contributed by atoms with E-state index in [-0.39, 0.29) is 12.5 Å². The van der Waals surface area contributed by atoms with Gasteiger partial charge in [-0.3, -0.25) is 4.79 Å². The Morgan fingerprint density at radius 1 is 1.11 bits per heavy atom. The largest absolute Gasteiger partial charge is 0.484 e. The predicted octanol–water partition coefficient (Wildman–Crippen LogP) is 3.79. The summed E-state index contributed by atoms with van der Waals surface area (Å²) in [5.74, 6) is 1.44. The summed E-state index contributed by atoms with van der Waals surface area (Å²) >= 11 is 7.51. The maximum atomic E-state index is 12.5. The first kappa shape index (κ1) is 18.6. The third kappa shape index (κ3) is 4.05. The number of hydrogen-bond donors (Lipinski definition) is 0. The van der Waals surface area contributed by atoms with Gasteiger partial charge in [0.1, 0.15) is 12.4 Å². The predicted molar refractivity (Wildman–Crippen MR) is 110 cm³/mol. The van der Waals surface area contributed by atoms with Crippen LogP contribution in [0, 0.1) is 0 Å². The number of carbonyl (C=O) groups excluding carboxylic acids is 1. The van der Waals surface area contributed by atoms with Crippen LogP contribution in [0.15, 0.2) is 65.8 Å². The number of rotatable bonds is 6. The van der Waals surface area contributed by atoms with Crippen molar-refractivity contribution in [2.75, 3.05) is 17.3 Å². The number of fused-ring (bicyclic) bond motifs is 1. The molecule has 0 fully saturated rings. The van der Waals surface area contributed by atoms with Crippen LogP contribution in [-0.4, -0.2) is 33.1 Å². The summed E-state index contributed by atoms with van der Waals surface area (Å²) in [6.07, 6.45) is 3.94. The molecule has 4 rings (SSSR count). The zero-order valence-corrected chi connectivity index (χ0v) is 16.4. The number of carbonyl (C=O) groups is 1. The van der Waals surface area contributed by atoms with Crippen molar-refractivity contribution in [1.82, 2.24) is 14.9 Å². The lowest BCUT2D eigenvalue weighted by atomic mass is 10.2. The Labute approximate surface area is 171 Å². The Hall–Kier alpha value is -2.77. The fourth-order valence-electron chi connectivity index (χ4n) is 2.77. The maximum Gasteiger partial charge on any atom is 0.252 e. The number of halogens is 1. The van der Waals surface area contributed by atoms with Crippen molar-refractivity contribution in [1.29, 1.82) is 0 Å². The molecule has 0 aliphatic carbocycles. The van der Waals surface area contributed by atoms with Crippen LogP contribution >= 0.6 is 23.4 Å². The summed E-state index contributed by atoms with van der Waals surface area (Å²) in [6, 6.07) is 17.2. The van der Waals surface area contributed by atoms with Crippen LogP contribution in [-0.2, 0) is 11.4 Å². The van der Waals surface area contributed by atoms with Crippen LogP contribution in [0.5, 0.6) is 5.75 Å². The quantitative estimate of drug-likeness (QED) is 0.616. The van der Waals surface area contributed by atoms with Gasteiger partial charge in [-0.05, 0) is 17.7 Å². The number of para-hydroxylation sites is 1. The van der Waals surface area contributed by atoms with E-state index in [1.54, 1.807) is 21.8 Å². The molecule has 0 N–H and O–H groups in total. The lowest BCUT2D eigenvalue weighted by Gasteiger charge is -2.28. The normalized spacial score (nSPS) is 13.8. The zero-order valence-electron chi connectivity index (χ0n) is 14.9. The molecule has 0 saturated heterocycles. The van der Waals surface area contributed by atoms with E-state index in [4.69, 9.17) is 16.3 Å². The van der Waals surface area contributed by atoms with E-state index < -0.39 is 0 Å². The first-order valence-electron chi connectivity index (χ1n) is 8.69. The summed E-state index contributed by atoms with van der Waals surface area (Å²) in [4.78, 5) is 12.5. The van der Waals surface area contributed by atoms with Crippen LogP contribution in [0.25, 0.3) is 6.08 Å². The van der Waals surface area contributed by atoms with Crippen molar-refractivity contribution in [3.8, 4) is 5.75 Å². The van der Waals surface area contributed by atoms with Crippen LogP contribution < -0.4 is 9.75 Å². The smallest absolute Gasteiger partial charge is 0.252 e. The van der Waals surface area contributed by atoms with E-state index in [0.29, 0.717) is 34.1 Å². The van der Waals surface area contributed by atoms with E-state index in [2.05, 4.69) is 10.2 Å². The molecule has 0 saturated carbocycles. The summed E-state index contributed by atoms with van der Waals surface area (Å²) in [5, 5.41) is 11.2. The fourth-order valence-corrected chi connectivity index (χ4v) is 3.79. The van der Waals surface area contributed by atoms with Gasteiger partial charge in [0, 0.05) is 0 Å². The molecule has 2 aromatic carbocycles. The molecule has 1 aromatic heterocycles. The van der Waals surface area contributed by atoms with Gasteiger partial charge in [0.05, 0.1) is 17.3 Å².